The number of hydrogen-bond donors (Lipinski definition) is 1. The minimum atomic E-state index is -1.80. The van der Waals surface area contributed by atoms with Gasteiger partial charge in [0.25, 0.3) is 5.91 Å². The minimum Gasteiger partial charge on any atom is -0.497 e. The van der Waals surface area contributed by atoms with Crippen LogP contribution in [0.25, 0.3) is 10.8 Å². The molecule has 25 heavy (non-hydrogen) atoms. The maximum Gasteiger partial charge on any atom is 0.441 e. The van der Waals surface area contributed by atoms with E-state index < -0.39 is 23.7 Å². The molecular formula is C17H16FNO6. The predicted molar refractivity (Wildman–Crippen MR) is 85.3 cm³/mol. The van der Waals surface area contributed by atoms with Crippen molar-refractivity contribution in [2.24, 2.45) is 0 Å². The molecule has 2 rings (SSSR count). The molecule has 0 aliphatic carbocycles. The molecule has 2 aromatic rings. The molecule has 0 atom stereocenters. The van der Waals surface area contributed by atoms with Gasteiger partial charge < -0.3 is 14.7 Å². The Morgan fingerprint density at radius 1 is 1.16 bits per heavy atom. The van der Waals surface area contributed by atoms with Crippen molar-refractivity contribution in [3.8, 4) is 5.75 Å². The van der Waals surface area contributed by atoms with Gasteiger partial charge in [-0.2, -0.15) is 5.06 Å². The fraction of sp³-hybridized carbons (Fsp3) is 0.235. The Morgan fingerprint density at radius 3 is 2.48 bits per heavy atom. The minimum absolute atomic E-state index is 0.0771. The number of carboxylic acids is 1. The molecule has 0 unspecified atom stereocenters. The highest BCUT2D eigenvalue weighted by Crippen LogP contribution is 2.27. The molecule has 0 heterocycles. The van der Waals surface area contributed by atoms with Crippen molar-refractivity contribution in [1.82, 2.24) is 5.06 Å². The molecule has 0 saturated heterocycles. The van der Waals surface area contributed by atoms with Gasteiger partial charge in [0.05, 0.1) is 13.7 Å². The molecule has 0 bridgehead atoms. The summed E-state index contributed by atoms with van der Waals surface area (Å²) in [7, 11) is 1.49. The lowest BCUT2D eigenvalue weighted by Gasteiger charge is -2.19. The summed E-state index contributed by atoms with van der Waals surface area (Å²) in [5.41, 5.74) is 0.688. The van der Waals surface area contributed by atoms with Crippen molar-refractivity contribution in [2.45, 2.75) is 13.3 Å². The number of fused-ring (bicyclic) bond motifs is 1. The summed E-state index contributed by atoms with van der Waals surface area (Å²) in [6.07, 6.45) is 0.219. The Morgan fingerprint density at radius 2 is 1.88 bits per heavy atom. The third-order valence-electron chi connectivity index (χ3n) is 3.56. The van der Waals surface area contributed by atoms with E-state index in [0.717, 1.165) is 6.92 Å². The van der Waals surface area contributed by atoms with Gasteiger partial charge >= 0.3 is 11.9 Å². The van der Waals surface area contributed by atoms with Crippen molar-refractivity contribution in [3.05, 3.63) is 41.7 Å². The second-order valence-electron chi connectivity index (χ2n) is 5.17. The number of ether oxygens (including phenoxy) is 1. The Balaban J connectivity index is 2.26. The lowest BCUT2D eigenvalue weighted by atomic mass is 10.0. The largest absolute Gasteiger partial charge is 0.497 e. The first-order valence-electron chi connectivity index (χ1n) is 7.32. The average molecular weight is 349 g/mol. The number of carbonyl (C=O) groups excluding carboxylic acids is 2. The number of hydroxylamine groups is 2. The molecule has 1 N–H and O–H groups in total. The zero-order valence-electron chi connectivity index (χ0n) is 13.6. The van der Waals surface area contributed by atoms with Gasteiger partial charge in [-0.15, -0.1) is 0 Å². The fourth-order valence-corrected chi connectivity index (χ4v) is 2.32. The number of hydrogen-bond acceptors (Lipinski definition) is 5. The second kappa shape index (κ2) is 7.61. The molecule has 0 aliphatic rings. The highest BCUT2D eigenvalue weighted by molar-refractivity contribution is 6.28. The van der Waals surface area contributed by atoms with Crippen LogP contribution in [0.4, 0.5) is 4.39 Å². The van der Waals surface area contributed by atoms with Gasteiger partial charge in [0.2, 0.25) is 0 Å². The van der Waals surface area contributed by atoms with Gasteiger partial charge in [-0.1, -0.05) is 6.07 Å². The summed E-state index contributed by atoms with van der Waals surface area (Å²) in [5.74, 6) is -3.84. The number of benzene rings is 2. The Bertz CT molecular complexity index is 835. The molecule has 1 amide bonds. The van der Waals surface area contributed by atoms with Crippen molar-refractivity contribution in [3.63, 3.8) is 0 Å². The van der Waals surface area contributed by atoms with E-state index in [0.29, 0.717) is 27.1 Å². The number of aliphatic carboxylic acids is 1. The number of carbonyl (C=O) groups is 3. The quantitative estimate of drug-likeness (QED) is 0.670. The van der Waals surface area contributed by atoms with Crippen molar-refractivity contribution >= 4 is 28.6 Å². The first kappa shape index (κ1) is 18.2. The molecule has 7 nitrogen and oxygen atoms in total. The lowest BCUT2D eigenvalue weighted by molar-refractivity contribution is -0.201. The van der Waals surface area contributed by atoms with Crippen molar-refractivity contribution in [2.75, 3.05) is 13.7 Å². The van der Waals surface area contributed by atoms with Crippen LogP contribution in [-0.2, 0) is 25.6 Å². The highest BCUT2D eigenvalue weighted by Gasteiger charge is 2.21. The van der Waals surface area contributed by atoms with Gasteiger partial charge in [0.1, 0.15) is 11.6 Å². The van der Waals surface area contributed by atoms with E-state index in [1.165, 1.54) is 13.2 Å². The maximum absolute atomic E-state index is 13.9. The molecule has 0 radical (unpaired) electrons. The molecule has 0 aliphatic heterocycles. The Labute approximate surface area is 142 Å². The van der Waals surface area contributed by atoms with Crippen LogP contribution < -0.4 is 4.74 Å². The van der Waals surface area contributed by atoms with Crippen LogP contribution in [0, 0.1) is 5.82 Å². The smallest absolute Gasteiger partial charge is 0.441 e. The van der Waals surface area contributed by atoms with Crippen LogP contribution in [-0.4, -0.2) is 41.7 Å². The van der Waals surface area contributed by atoms with Crippen LogP contribution in [0.2, 0.25) is 0 Å². The number of methoxy groups -OCH3 is 1. The van der Waals surface area contributed by atoms with Gasteiger partial charge in [-0.05, 0) is 41.6 Å². The molecule has 0 spiro atoms. The van der Waals surface area contributed by atoms with E-state index in [9.17, 15) is 18.8 Å². The molecule has 8 heteroatoms. The molecule has 132 valence electrons. The number of carboxylic acid groups (broad SMARTS) is 1. The summed E-state index contributed by atoms with van der Waals surface area (Å²) in [5, 5.41) is 10.2. The highest BCUT2D eigenvalue weighted by atomic mass is 19.1. The van der Waals surface area contributed by atoms with E-state index in [1.54, 1.807) is 24.3 Å². The molecular weight excluding hydrogens is 333 g/mol. The number of amides is 1. The third-order valence-corrected chi connectivity index (χ3v) is 3.56. The Kier molecular flexibility index (Phi) is 5.53. The molecule has 2 aromatic carbocycles. The molecule has 0 aromatic heterocycles. The van der Waals surface area contributed by atoms with Gasteiger partial charge in [0.15, 0.2) is 0 Å². The van der Waals surface area contributed by atoms with Crippen LogP contribution in [0.3, 0.4) is 0 Å². The first-order valence-corrected chi connectivity index (χ1v) is 7.32. The van der Waals surface area contributed by atoms with Crippen molar-refractivity contribution < 1.29 is 33.5 Å². The van der Waals surface area contributed by atoms with Gasteiger partial charge in [0, 0.05) is 12.3 Å². The van der Waals surface area contributed by atoms with Crippen molar-refractivity contribution in [1.29, 1.82) is 0 Å². The predicted octanol–water partition coefficient (Wildman–Crippen LogP) is 1.92. The van der Waals surface area contributed by atoms with Crippen LogP contribution in [0.5, 0.6) is 5.75 Å². The van der Waals surface area contributed by atoms with Crippen LogP contribution in [0.15, 0.2) is 30.3 Å². The maximum atomic E-state index is 13.9. The lowest BCUT2D eigenvalue weighted by Crippen LogP contribution is -2.35. The van der Waals surface area contributed by atoms with E-state index in [1.807, 2.05) is 0 Å². The van der Waals surface area contributed by atoms with E-state index >= 15 is 0 Å². The zero-order valence-corrected chi connectivity index (χ0v) is 13.6. The van der Waals surface area contributed by atoms with Gasteiger partial charge in [-0.3, -0.25) is 4.79 Å². The monoisotopic (exact) mass is 349 g/mol. The summed E-state index contributed by atoms with van der Waals surface area (Å²) in [6.45, 7) is 1.06. The molecule has 0 fully saturated rings. The fourth-order valence-electron chi connectivity index (χ4n) is 2.32. The zero-order chi connectivity index (χ0) is 18.6. The number of rotatable bonds is 4. The average Bonchev–Trinajstić information content (AvgIpc) is 2.59. The first-order chi connectivity index (χ1) is 11.8. The SMILES string of the molecule is COc1ccc2c(F)ccc(CCN(OC(=O)C(=O)O)C(C)=O)c2c1. The summed E-state index contributed by atoms with van der Waals surface area (Å²) in [6, 6.07) is 7.72. The standard InChI is InChI=1S/C17H16FNO6/c1-10(20)19(25-17(23)16(21)22)8-7-11-3-6-15(18)13-5-4-12(24-2)9-14(11)13/h3-6,9H,7-8H2,1-2H3,(H,21,22). The van der Waals surface area contributed by atoms with Crippen LogP contribution >= 0.6 is 0 Å². The second-order valence-corrected chi connectivity index (χ2v) is 5.17. The number of halogens is 1. The summed E-state index contributed by atoms with van der Waals surface area (Å²) >= 11 is 0. The summed E-state index contributed by atoms with van der Waals surface area (Å²) < 4.78 is 19.1. The third kappa shape index (κ3) is 4.23. The van der Waals surface area contributed by atoms with Crippen LogP contribution in [0.1, 0.15) is 12.5 Å². The van der Waals surface area contributed by atoms with E-state index in [2.05, 4.69) is 4.84 Å². The Hall–Kier alpha value is -3.16. The number of nitrogens with zero attached hydrogens (tertiary/aromatic N) is 1. The van der Waals surface area contributed by atoms with Gasteiger partial charge in [-0.25, -0.2) is 14.0 Å². The van der Waals surface area contributed by atoms with E-state index in [4.69, 9.17) is 9.84 Å². The normalized spacial score (nSPS) is 10.4. The molecule has 0 saturated carbocycles. The van der Waals surface area contributed by atoms with E-state index in [-0.39, 0.29) is 13.0 Å². The topological polar surface area (TPSA) is 93.1 Å². The summed E-state index contributed by atoms with van der Waals surface area (Å²) in [4.78, 5) is 37.7.